The molecule has 0 aliphatic rings. The minimum Gasteiger partial charge on any atom is -0.358 e. The Morgan fingerprint density at radius 1 is 1.24 bits per heavy atom. The van der Waals surface area contributed by atoms with Crippen LogP contribution in [0.15, 0.2) is 30.3 Å². The van der Waals surface area contributed by atoms with Gasteiger partial charge in [0.25, 0.3) is 0 Å². The van der Waals surface area contributed by atoms with Crippen molar-refractivity contribution in [3.8, 4) is 5.69 Å². The molecule has 0 N–H and O–H groups in total. The van der Waals surface area contributed by atoms with Crippen molar-refractivity contribution in [2.45, 2.75) is 27.7 Å². The zero-order valence-electron chi connectivity index (χ0n) is 13.4. The second-order valence-electron chi connectivity index (χ2n) is 6.60. The molecular weight excluding hydrogens is 262 g/mol. The molecule has 1 aromatic carbocycles. The fourth-order valence-corrected chi connectivity index (χ4v) is 2.57. The van der Waals surface area contributed by atoms with E-state index in [2.05, 4.69) is 30.8 Å². The predicted molar refractivity (Wildman–Crippen MR) is 86.4 cm³/mol. The smallest absolute Gasteiger partial charge is 0.155 e. The first-order valence-electron chi connectivity index (χ1n) is 7.15. The summed E-state index contributed by atoms with van der Waals surface area (Å²) in [6, 6.07) is 9.91. The van der Waals surface area contributed by atoms with Gasteiger partial charge in [0, 0.05) is 13.6 Å². The fourth-order valence-electron chi connectivity index (χ4n) is 2.57. The Hall–Kier alpha value is -2.10. The molecule has 0 aliphatic carbocycles. The van der Waals surface area contributed by atoms with E-state index in [1.54, 1.807) is 0 Å². The molecular formula is C17H23N3O. The minimum absolute atomic E-state index is 0.134. The number of carbonyl (C=O) groups is 1. The molecule has 0 radical (unpaired) electrons. The van der Waals surface area contributed by atoms with Gasteiger partial charge in [0.1, 0.15) is 5.82 Å². The summed E-state index contributed by atoms with van der Waals surface area (Å²) in [4.78, 5) is 13.6. The van der Waals surface area contributed by atoms with Gasteiger partial charge in [0.2, 0.25) is 0 Å². The summed E-state index contributed by atoms with van der Waals surface area (Å²) in [5, 5.41) is 4.55. The molecule has 0 saturated carbocycles. The Morgan fingerprint density at radius 2 is 1.86 bits per heavy atom. The predicted octanol–water partition coefficient (Wildman–Crippen LogP) is 3.48. The highest BCUT2D eigenvalue weighted by Gasteiger charge is 2.22. The largest absolute Gasteiger partial charge is 0.358 e. The van der Waals surface area contributed by atoms with Crippen molar-refractivity contribution in [1.82, 2.24) is 9.78 Å². The first-order chi connectivity index (χ1) is 9.83. The van der Waals surface area contributed by atoms with Crippen LogP contribution in [0.2, 0.25) is 0 Å². The van der Waals surface area contributed by atoms with Crippen LogP contribution in [-0.4, -0.2) is 29.7 Å². The summed E-state index contributed by atoms with van der Waals surface area (Å²) in [5.74, 6) is 0.851. The molecule has 2 rings (SSSR count). The van der Waals surface area contributed by atoms with Gasteiger partial charge in [-0.15, -0.1) is 0 Å². The molecule has 4 nitrogen and oxygen atoms in total. The van der Waals surface area contributed by atoms with Crippen LogP contribution in [0, 0.1) is 12.3 Å². The van der Waals surface area contributed by atoms with Gasteiger partial charge in [-0.1, -0.05) is 39.0 Å². The Bertz CT molecular complexity index is 623. The maximum atomic E-state index is 11.5. The Balaban J connectivity index is 2.54. The Labute approximate surface area is 126 Å². The van der Waals surface area contributed by atoms with E-state index in [1.165, 1.54) is 0 Å². The van der Waals surface area contributed by atoms with Crippen molar-refractivity contribution in [3.05, 3.63) is 41.6 Å². The molecule has 1 aromatic heterocycles. The van der Waals surface area contributed by atoms with Crippen molar-refractivity contribution in [3.63, 3.8) is 0 Å². The monoisotopic (exact) mass is 285 g/mol. The molecule has 4 heteroatoms. The van der Waals surface area contributed by atoms with E-state index >= 15 is 0 Å². The van der Waals surface area contributed by atoms with Crippen molar-refractivity contribution >= 4 is 12.1 Å². The number of benzene rings is 1. The van der Waals surface area contributed by atoms with Gasteiger partial charge >= 0.3 is 0 Å². The second kappa shape index (κ2) is 5.72. The quantitative estimate of drug-likeness (QED) is 0.807. The van der Waals surface area contributed by atoms with E-state index in [1.807, 2.05) is 49.0 Å². The van der Waals surface area contributed by atoms with E-state index in [4.69, 9.17) is 0 Å². The van der Waals surface area contributed by atoms with E-state index in [-0.39, 0.29) is 5.41 Å². The fraction of sp³-hybridized carbons (Fsp3) is 0.412. The molecule has 1 heterocycles. The van der Waals surface area contributed by atoms with E-state index in [0.717, 1.165) is 30.0 Å². The molecule has 2 aromatic rings. The normalized spacial score (nSPS) is 11.5. The van der Waals surface area contributed by atoms with Crippen LogP contribution in [0.1, 0.15) is 36.8 Å². The summed E-state index contributed by atoms with van der Waals surface area (Å²) >= 11 is 0. The molecule has 112 valence electrons. The standard InChI is InChI=1S/C17H23N3O/c1-13-15(11-21)16(19(5)12-17(2,3)4)20(18-13)14-9-7-6-8-10-14/h6-11H,12H2,1-5H3. The zero-order valence-corrected chi connectivity index (χ0v) is 13.4. The number of aromatic nitrogens is 2. The first kappa shape index (κ1) is 15.3. The molecule has 0 spiro atoms. The zero-order chi connectivity index (χ0) is 15.6. The van der Waals surface area contributed by atoms with Gasteiger partial charge in [-0.05, 0) is 24.5 Å². The molecule has 0 unspecified atom stereocenters. The summed E-state index contributed by atoms with van der Waals surface area (Å²) < 4.78 is 1.85. The molecule has 0 saturated heterocycles. The highest BCUT2D eigenvalue weighted by atomic mass is 16.1. The number of nitrogens with zero attached hydrogens (tertiary/aromatic N) is 3. The van der Waals surface area contributed by atoms with E-state index in [0.29, 0.717) is 5.56 Å². The van der Waals surface area contributed by atoms with Gasteiger partial charge in [-0.25, -0.2) is 4.68 Å². The van der Waals surface area contributed by atoms with Crippen LogP contribution in [0.5, 0.6) is 0 Å². The average molecular weight is 285 g/mol. The summed E-state index contributed by atoms with van der Waals surface area (Å²) in [7, 11) is 2.01. The average Bonchev–Trinajstić information content (AvgIpc) is 2.74. The van der Waals surface area contributed by atoms with Gasteiger partial charge in [-0.3, -0.25) is 4.79 Å². The number of rotatable bonds is 4. The van der Waals surface area contributed by atoms with E-state index in [9.17, 15) is 4.79 Å². The number of hydrogen-bond acceptors (Lipinski definition) is 3. The van der Waals surface area contributed by atoms with Crippen molar-refractivity contribution in [1.29, 1.82) is 0 Å². The topological polar surface area (TPSA) is 38.1 Å². The number of hydrogen-bond donors (Lipinski definition) is 0. The van der Waals surface area contributed by atoms with Crippen LogP contribution in [0.25, 0.3) is 5.69 Å². The third kappa shape index (κ3) is 3.32. The van der Waals surface area contributed by atoms with Crippen molar-refractivity contribution in [2.24, 2.45) is 5.41 Å². The number of anilines is 1. The molecule has 0 atom stereocenters. The molecule has 0 aliphatic heterocycles. The number of aryl methyl sites for hydroxylation is 1. The molecule has 21 heavy (non-hydrogen) atoms. The summed E-state index contributed by atoms with van der Waals surface area (Å²) in [6.07, 6.45) is 0.899. The first-order valence-corrected chi connectivity index (χ1v) is 7.15. The number of carbonyl (C=O) groups excluding carboxylic acids is 1. The maximum Gasteiger partial charge on any atom is 0.155 e. The Kier molecular flexibility index (Phi) is 4.16. The second-order valence-corrected chi connectivity index (χ2v) is 6.60. The van der Waals surface area contributed by atoms with E-state index < -0.39 is 0 Å². The van der Waals surface area contributed by atoms with Crippen LogP contribution >= 0.6 is 0 Å². The van der Waals surface area contributed by atoms with Gasteiger partial charge < -0.3 is 4.90 Å². The third-order valence-corrected chi connectivity index (χ3v) is 3.27. The lowest BCUT2D eigenvalue weighted by atomic mass is 9.96. The molecule has 0 bridgehead atoms. The lowest BCUT2D eigenvalue weighted by Gasteiger charge is -2.29. The van der Waals surface area contributed by atoms with Gasteiger partial charge in [0.15, 0.2) is 6.29 Å². The number of aldehydes is 1. The summed E-state index contributed by atoms with van der Waals surface area (Å²) in [6.45, 7) is 9.25. The van der Waals surface area contributed by atoms with Crippen molar-refractivity contribution < 1.29 is 4.79 Å². The number of para-hydroxylation sites is 1. The van der Waals surface area contributed by atoms with Gasteiger partial charge in [0.05, 0.1) is 16.9 Å². The van der Waals surface area contributed by atoms with Crippen LogP contribution in [0.4, 0.5) is 5.82 Å². The third-order valence-electron chi connectivity index (χ3n) is 3.27. The van der Waals surface area contributed by atoms with Gasteiger partial charge in [-0.2, -0.15) is 5.10 Å². The molecule has 0 fully saturated rings. The van der Waals surface area contributed by atoms with Crippen LogP contribution in [-0.2, 0) is 0 Å². The van der Waals surface area contributed by atoms with Crippen LogP contribution < -0.4 is 4.90 Å². The highest BCUT2D eigenvalue weighted by Crippen LogP contribution is 2.27. The van der Waals surface area contributed by atoms with Crippen LogP contribution in [0.3, 0.4) is 0 Å². The molecule has 0 amide bonds. The Morgan fingerprint density at radius 3 is 2.38 bits per heavy atom. The maximum absolute atomic E-state index is 11.5. The van der Waals surface area contributed by atoms with Crippen molar-refractivity contribution in [2.75, 3.05) is 18.5 Å². The SMILES string of the molecule is Cc1nn(-c2ccccc2)c(N(C)CC(C)(C)C)c1C=O. The lowest BCUT2D eigenvalue weighted by molar-refractivity contribution is 0.112. The summed E-state index contributed by atoms with van der Waals surface area (Å²) in [5.41, 5.74) is 2.51. The highest BCUT2D eigenvalue weighted by molar-refractivity contribution is 5.85. The minimum atomic E-state index is 0.134. The lowest BCUT2D eigenvalue weighted by Crippen LogP contribution is -2.31.